The van der Waals surface area contributed by atoms with Gasteiger partial charge in [-0.05, 0) is 17.0 Å². The molecule has 4 nitrogen and oxygen atoms in total. The maximum atomic E-state index is 11.7. The van der Waals surface area contributed by atoms with Crippen molar-refractivity contribution in [1.82, 2.24) is 10.2 Å². The summed E-state index contributed by atoms with van der Waals surface area (Å²) >= 11 is 1.63. The largest absolute Gasteiger partial charge is 0.310 e. The first-order valence-electron chi connectivity index (χ1n) is 6.69. The molecule has 0 saturated carbocycles. The summed E-state index contributed by atoms with van der Waals surface area (Å²) in [6, 6.07) is 8.64. The first-order valence-corrected chi connectivity index (χ1v) is 7.74. The number of thioether (sulfide) groups is 1. The Kier molecular flexibility index (Phi) is 3.53. The molecule has 0 unspecified atom stereocenters. The number of nitrogens with zero attached hydrogens (tertiary/aromatic N) is 1. The van der Waals surface area contributed by atoms with Gasteiger partial charge >= 0.3 is 0 Å². The molecular weight excluding hydrogens is 270 g/mol. The average Bonchev–Trinajstić information content (AvgIpc) is 2.81. The van der Waals surface area contributed by atoms with Crippen LogP contribution in [0.15, 0.2) is 30.5 Å². The molecule has 104 valence electrons. The van der Waals surface area contributed by atoms with Crippen molar-refractivity contribution in [3.05, 3.63) is 47.2 Å². The highest BCUT2D eigenvalue weighted by Gasteiger charge is 2.25. The number of fused-ring (bicyclic) bond motifs is 1. The fourth-order valence-corrected chi connectivity index (χ4v) is 3.45. The number of carbonyl (C=O) groups excluding carboxylic acids is 1. The number of rotatable bonds is 2. The fraction of sp³-hybridized carbons (Fsp3) is 0.333. The first-order chi connectivity index (χ1) is 9.65. The number of carbonyl (C=O) groups is 1. The molecule has 1 amide bonds. The van der Waals surface area contributed by atoms with Crippen molar-refractivity contribution in [2.24, 2.45) is 0 Å². The number of hydrogen-bond donors (Lipinski definition) is 2. The first kappa shape index (κ1) is 13.2. The Morgan fingerprint density at radius 3 is 2.75 bits per heavy atom. The molecule has 2 heterocycles. The lowest BCUT2D eigenvalue weighted by atomic mass is 9.99. The van der Waals surface area contributed by atoms with Crippen LogP contribution in [-0.4, -0.2) is 21.9 Å². The van der Waals surface area contributed by atoms with Crippen molar-refractivity contribution in [3.63, 3.8) is 0 Å². The smallest absolute Gasteiger partial charge is 0.235 e. The number of nitrogens with one attached hydrogen (secondary N) is 2. The van der Waals surface area contributed by atoms with Gasteiger partial charge in [-0.25, -0.2) is 0 Å². The lowest BCUT2D eigenvalue weighted by molar-refractivity contribution is -0.113. The Morgan fingerprint density at radius 1 is 1.30 bits per heavy atom. The van der Waals surface area contributed by atoms with E-state index in [0.29, 0.717) is 11.7 Å². The zero-order valence-electron chi connectivity index (χ0n) is 11.5. The second-order valence-corrected chi connectivity index (χ2v) is 6.35. The van der Waals surface area contributed by atoms with Gasteiger partial charge in [0.2, 0.25) is 5.91 Å². The molecule has 0 aliphatic carbocycles. The summed E-state index contributed by atoms with van der Waals surface area (Å²) < 4.78 is 0. The van der Waals surface area contributed by atoms with Crippen molar-refractivity contribution < 1.29 is 4.79 Å². The van der Waals surface area contributed by atoms with Gasteiger partial charge in [0.05, 0.1) is 17.2 Å². The van der Waals surface area contributed by atoms with Crippen LogP contribution in [0.5, 0.6) is 0 Å². The van der Waals surface area contributed by atoms with Gasteiger partial charge in [-0.2, -0.15) is 5.10 Å². The molecule has 0 bridgehead atoms. The number of aromatic nitrogens is 2. The Labute approximate surface area is 122 Å². The minimum atomic E-state index is 0.0156. The van der Waals surface area contributed by atoms with Crippen molar-refractivity contribution in [1.29, 1.82) is 0 Å². The Balaban J connectivity index is 1.96. The Morgan fingerprint density at radius 2 is 2.05 bits per heavy atom. The highest BCUT2D eigenvalue weighted by molar-refractivity contribution is 8.00. The molecule has 3 rings (SSSR count). The maximum absolute atomic E-state index is 11.7. The van der Waals surface area contributed by atoms with Crippen molar-refractivity contribution in [3.8, 4) is 0 Å². The van der Waals surface area contributed by atoms with Crippen LogP contribution in [0.1, 0.15) is 41.7 Å². The van der Waals surface area contributed by atoms with Crippen molar-refractivity contribution in [2.75, 3.05) is 11.1 Å². The molecule has 0 radical (unpaired) electrons. The standard InChI is InChI=1S/C15H17N3OS/c1-9(2)10-3-5-11(6-4-10)14-12-7-16-18-15(12)17-13(19)8-20-14/h3-7,9,14H,8H2,1-2H3,(H2,16,17,18,19)/t14-/m1/s1. The monoisotopic (exact) mass is 287 g/mol. The molecule has 1 aliphatic heterocycles. The minimum Gasteiger partial charge on any atom is -0.310 e. The molecule has 1 aromatic carbocycles. The van der Waals surface area contributed by atoms with E-state index in [0.717, 1.165) is 11.4 Å². The summed E-state index contributed by atoms with van der Waals surface area (Å²) in [7, 11) is 0. The number of amides is 1. The quantitative estimate of drug-likeness (QED) is 0.891. The van der Waals surface area contributed by atoms with Gasteiger partial charge < -0.3 is 5.32 Å². The van der Waals surface area contributed by atoms with E-state index >= 15 is 0 Å². The third-order valence-corrected chi connectivity index (χ3v) is 4.79. The van der Waals surface area contributed by atoms with E-state index in [4.69, 9.17) is 0 Å². The number of aromatic amines is 1. The second-order valence-electron chi connectivity index (χ2n) is 5.26. The van der Waals surface area contributed by atoms with E-state index in [1.54, 1.807) is 18.0 Å². The van der Waals surface area contributed by atoms with Gasteiger partial charge in [0.25, 0.3) is 0 Å². The molecular formula is C15H17N3OS. The minimum absolute atomic E-state index is 0.0156. The summed E-state index contributed by atoms with van der Waals surface area (Å²) in [4.78, 5) is 11.7. The zero-order chi connectivity index (χ0) is 14.1. The predicted molar refractivity (Wildman–Crippen MR) is 82.0 cm³/mol. The molecule has 1 atom stereocenters. The van der Waals surface area contributed by atoms with Gasteiger partial charge in [-0.3, -0.25) is 9.89 Å². The molecule has 20 heavy (non-hydrogen) atoms. The van der Waals surface area contributed by atoms with Gasteiger partial charge in [-0.1, -0.05) is 38.1 Å². The summed E-state index contributed by atoms with van der Waals surface area (Å²) in [5.74, 6) is 1.72. The van der Waals surface area contributed by atoms with E-state index in [-0.39, 0.29) is 11.2 Å². The predicted octanol–water partition coefficient (Wildman–Crippen LogP) is 3.31. The van der Waals surface area contributed by atoms with Crippen molar-refractivity contribution >= 4 is 23.5 Å². The van der Waals surface area contributed by atoms with Gasteiger partial charge in [0, 0.05) is 5.56 Å². The van der Waals surface area contributed by atoms with Crippen LogP contribution in [-0.2, 0) is 4.79 Å². The number of benzene rings is 1. The maximum Gasteiger partial charge on any atom is 0.235 e. The molecule has 0 spiro atoms. The highest BCUT2D eigenvalue weighted by Crippen LogP contribution is 2.40. The van der Waals surface area contributed by atoms with Crippen LogP contribution in [0.3, 0.4) is 0 Å². The highest BCUT2D eigenvalue weighted by atomic mass is 32.2. The third-order valence-electron chi connectivity index (χ3n) is 3.50. The second kappa shape index (κ2) is 5.32. The molecule has 1 aromatic heterocycles. The SMILES string of the molecule is CC(C)c1ccc([C@H]2SCC(=O)Nc3[nH]ncc32)cc1. The van der Waals surface area contributed by atoms with E-state index in [1.807, 2.05) is 0 Å². The van der Waals surface area contributed by atoms with E-state index in [2.05, 4.69) is 53.6 Å². The molecule has 0 saturated heterocycles. The van der Waals surface area contributed by atoms with E-state index < -0.39 is 0 Å². The topological polar surface area (TPSA) is 57.8 Å². The van der Waals surface area contributed by atoms with Crippen LogP contribution < -0.4 is 5.32 Å². The number of anilines is 1. The van der Waals surface area contributed by atoms with Crippen molar-refractivity contribution in [2.45, 2.75) is 25.0 Å². The van der Waals surface area contributed by atoms with Crippen LogP contribution in [0.25, 0.3) is 0 Å². The summed E-state index contributed by atoms with van der Waals surface area (Å²) in [5, 5.41) is 9.91. The summed E-state index contributed by atoms with van der Waals surface area (Å²) in [5.41, 5.74) is 3.57. The van der Waals surface area contributed by atoms with E-state index in [9.17, 15) is 4.79 Å². The van der Waals surface area contributed by atoms with Gasteiger partial charge in [0.1, 0.15) is 5.82 Å². The van der Waals surface area contributed by atoms with Gasteiger partial charge in [0.15, 0.2) is 0 Å². The van der Waals surface area contributed by atoms with E-state index in [1.165, 1.54) is 11.1 Å². The van der Waals surface area contributed by atoms with Crippen LogP contribution in [0, 0.1) is 0 Å². The third kappa shape index (κ3) is 2.45. The van der Waals surface area contributed by atoms with Crippen LogP contribution in [0.4, 0.5) is 5.82 Å². The average molecular weight is 287 g/mol. The summed E-state index contributed by atoms with van der Waals surface area (Å²) in [6.45, 7) is 4.37. The molecule has 2 N–H and O–H groups in total. The van der Waals surface area contributed by atoms with Crippen LogP contribution >= 0.6 is 11.8 Å². The lowest BCUT2D eigenvalue weighted by Gasteiger charge is -2.15. The number of hydrogen-bond acceptors (Lipinski definition) is 3. The Hall–Kier alpha value is -1.75. The number of H-pyrrole nitrogens is 1. The normalized spacial score (nSPS) is 18.6. The molecule has 1 aliphatic rings. The van der Waals surface area contributed by atoms with Gasteiger partial charge in [-0.15, -0.1) is 11.8 Å². The fourth-order valence-electron chi connectivity index (χ4n) is 2.35. The molecule has 2 aromatic rings. The Bertz CT molecular complexity index is 618. The molecule has 5 heteroatoms. The summed E-state index contributed by atoms with van der Waals surface area (Å²) in [6.07, 6.45) is 1.80. The lowest BCUT2D eigenvalue weighted by Crippen LogP contribution is -2.12. The molecule has 0 fully saturated rings. The van der Waals surface area contributed by atoms with Crippen LogP contribution in [0.2, 0.25) is 0 Å². The zero-order valence-corrected chi connectivity index (χ0v) is 12.3.